The highest BCUT2D eigenvalue weighted by Crippen LogP contribution is 2.12. The molecule has 0 unspecified atom stereocenters. The molecule has 21 heavy (non-hydrogen) atoms. The fraction of sp³-hybridized carbons (Fsp3) is 0.500. The zero-order chi connectivity index (χ0) is 16.1. The maximum Gasteiger partial charge on any atom is 0.328 e. The van der Waals surface area contributed by atoms with Gasteiger partial charge < -0.3 is 5.11 Å². The van der Waals surface area contributed by atoms with Gasteiger partial charge in [0.05, 0.1) is 0 Å². The first kappa shape index (κ1) is 19.8. The van der Waals surface area contributed by atoms with Crippen LogP contribution in [0.25, 0.3) is 0 Å². The van der Waals surface area contributed by atoms with Gasteiger partial charge in [-0.05, 0) is 58.8 Å². The van der Waals surface area contributed by atoms with Crippen LogP contribution in [0.2, 0.25) is 0 Å². The molecule has 0 aromatic rings. The van der Waals surface area contributed by atoms with Crippen molar-refractivity contribution in [2.24, 2.45) is 0 Å². The van der Waals surface area contributed by atoms with Crippen molar-refractivity contribution >= 4 is 17.7 Å². The fourth-order valence-electron chi connectivity index (χ4n) is 1.69. The van der Waals surface area contributed by atoms with Crippen LogP contribution in [0.15, 0.2) is 46.4 Å². The van der Waals surface area contributed by atoms with Crippen molar-refractivity contribution in [3.63, 3.8) is 0 Å². The molecule has 0 bridgehead atoms. The summed E-state index contributed by atoms with van der Waals surface area (Å²) in [6, 6.07) is 0. The Hall–Kier alpha value is -1.22. The van der Waals surface area contributed by atoms with Gasteiger partial charge in [-0.2, -0.15) is 0 Å². The maximum atomic E-state index is 10.3. The molecule has 0 aliphatic rings. The van der Waals surface area contributed by atoms with Crippen LogP contribution in [-0.2, 0) is 4.79 Å². The lowest BCUT2D eigenvalue weighted by atomic mass is 10.1. The van der Waals surface area contributed by atoms with Crippen LogP contribution in [0.5, 0.6) is 0 Å². The zero-order valence-corrected chi connectivity index (χ0v) is 14.5. The molecular weight excluding hydrogens is 280 g/mol. The smallest absolute Gasteiger partial charge is 0.328 e. The number of thioether (sulfide) groups is 1. The van der Waals surface area contributed by atoms with Gasteiger partial charge in [-0.25, -0.2) is 4.79 Å². The third-order valence-corrected chi connectivity index (χ3v) is 3.65. The summed E-state index contributed by atoms with van der Waals surface area (Å²) in [7, 11) is 0. The third kappa shape index (κ3) is 15.0. The first-order valence-electron chi connectivity index (χ1n) is 7.37. The van der Waals surface area contributed by atoms with Crippen LogP contribution in [-0.4, -0.2) is 16.8 Å². The monoisotopic (exact) mass is 308 g/mol. The van der Waals surface area contributed by atoms with Crippen LogP contribution in [0, 0.1) is 0 Å². The summed E-state index contributed by atoms with van der Waals surface area (Å²) in [4.78, 5) is 10.3. The molecule has 2 nitrogen and oxygen atoms in total. The molecule has 0 aliphatic carbocycles. The number of aliphatic carboxylic acids is 1. The molecule has 0 saturated carbocycles. The van der Waals surface area contributed by atoms with Gasteiger partial charge in [-0.15, -0.1) is 11.8 Å². The van der Waals surface area contributed by atoms with Crippen LogP contribution in [0.1, 0.15) is 53.4 Å². The minimum atomic E-state index is -0.892. The van der Waals surface area contributed by atoms with E-state index in [0.717, 1.165) is 31.4 Å². The Morgan fingerprint density at radius 1 is 0.952 bits per heavy atom. The van der Waals surface area contributed by atoms with E-state index in [1.54, 1.807) is 5.41 Å². The van der Waals surface area contributed by atoms with E-state index in [1.165, 1.54) is 34.6 Å². The molecule has 0 saturated heterocycles. The normalized spacial score (nSPS) is 12.8. The van der Waals surface area contributed by atoms with Gasteiger partial charge in [0.1, 0.15) is 0 Å². The topological polar surface area (TPSA) is 37.3 Å². The molecule has 0 atom stereocenters. The highest BCUT2D eigenvalue weighted by atomic mass is 32.2. The Kier molecular flexibility index (Phi) is 11.8. The van der Waals surface area contributed by atoms with Gasteiger partial charge in [0, 0.05) is 11.8 Å². The summed E-state index contributed by atoms with van der Waals surface area (Å²) in [5, 5.41) is 10.1. The highest BCUT2D eigenvalue weighted by molar-refractivity contribution is 8.02. The van der Waals surface area contributed by atoms with Crippen LogP contribution < -0.4 is 0 Å². The summed E-state index contributed by atoms with van der Waals surface area (Å²) >= 11 is 1.50. The summed E-state index contributed by atoms with van der Waals surface area (Å²) < 4.78 is 0. The molecule has 118 valence electrons. The fourth-order valence-corrected chi connectivity index (χ4v) is 2.40. The van der Waals surface area contributed by atoms with Crippen molar-refractivity contribution in [2.45, 2.75) is 53.4 Å². The number of carbonyl (C=O) groups is 1. The molecule has 0 fully saturated rings. The predicted molar refractivity (Wildman–Crippen MR) is 94.6 cm³/mol. The predicted octanol–water partition coefficient (Wildman–Crippen LogP) is 5.74. The van der Waals surface area contributed by atoms with Gasteiger partial charge in [0.2, 0.25) is 0 Å². The molecule has 3 heteroatoms. The number of hydrogen-bond donors (Lipinski definition) is 1. The minimum absolute atomic E-state index is 0.832. The lowest BCUT2D eigenvalue weighted by molar-refractivity contribution is -0.131. The average molecular weight is 308 g/mol. The maximum absolute atomic E-state index is 10.3. The van der Waals surface area contributed by atoms with Gasteiger partial charge in [-0.1, -0.05) is 34.9 Å². The summed E-state index contributed by atoms with van der Waals surface area (Å²) in [5.74, 6) is -0.0595. The molecule has 0 radical (unpaired) electrons. The van der Waals surface area contributed by atoms with Crippen LogP contribution in [0.3, 0.4) is 0 Å². The number of allylic oxidation sites excluding steroid dienone is 5. The molecular formula is C18H28O2S. The standard InChI is InChI=1S/C18H28O2S/c1-15(2)7-5-8-16(3)9-6-10-17(4)11-13-21-14-12-18(19)20/h7,9,11-12,14H,5-6,8,10,13H2,1-4H3,(H,19,20)/b14-12+,16-9?,17-11?. The summed E-state index contributed by atoms with van der Waals surface area (Å²) in [5.41, 5.74) is 4.20. The largest absolute Gasteiger partial charge is 0.478 e. The second-order valence-corrected chi connectivity index (χ2v) is 6.37. The van der Waals surface area contributed by atoms with Crippen molar-refractivity contribution in [1.82, 2.24) is 0 Å². The second-order valence-electron chi connectivity index (χ2n) is 5.43. The first-order chi connectivity index (χ1) is 9.91. The Morgan fingerprint density at radius 3 is 2.10 bits per heavy atom. The van der Waals surface area contributed by atoms with E-state index in [9.17, 15) is 4.79 Å². The van der Waals surface area contributed by atoms with E-state index in [4.69, 9.17) is 5.11 Å². The van der Waals surface area contributed by atoms with Crippen LogP contribution >= 0.6 is 11.8 Å². The summed E-state index contributed by atoms with van der Waals surface area (Å²) in [6.45, 7) is 8.60. The summed E-state index contributed by atoms with van der Waals surface area (Å²) in [6.07, 6.45) is 12.4. The van der Waals surface area contributed by atoms with Crippen molar-refractivity contribution in [2.75, 3.05) is 5.75 Å². The molecule has 0 aromatic heterocycles. The molecule has 0 heterocycles. The zero-order valence-electron chi connectivity index (χ0n) is 13.7. The van der Waals surface area contributed by atoms with E-state index >= 15 is 0 Å². The average Bonchev–Trinajstić information content (AvgIpc) is 2.37. The van der Waals surface area contributed by atoms with Gasteiger partial charge in [0.15, 0.2) is 0 Å². The quantitative estimate of drug-likeness (QED) is 0.318. The number of carboxylic acid groups (broad SMARTS) is 1. The van der Waals surface area contributed by atoms with Gasteiger partial charge >= 0.3 is 5.97 Å². The van der Waals surface area contributed by atoms with E-state index in [2.05, 4.69) is 45.9 Å². The molecule has 0 spiro atoms. The number of rotatable bonds is 10. The minimum Gasteiger partial charge on any atom is -0.478 e. The van der Waals surface area contributed by atoms with Crippen molar-refractivity contribution in [3.05, 3.63) is 46.4 Å². The van der Waals surface area contributed by atoms with E-state index in [1.807, 2.05) is 0 Å². The van der Waals surface area contributed by atoms with Crippen molar-refractivity contribution < 1.29 is 9.90 Å². The Bertz CT molecular complexity index is 424. The lowest BCUT2D eigenvalue weighted by Crippen LogP contribution is -1.84. The van der Waals surface area contributed by atoms with Gasteiger partial charge in [-0.3, -0.25) is 0 Å². The Labute approximate surface area is 133 Å². The Morgan fingerprint density at radius 2 is 1.52 bits per heavy atom. The van der Waals surface area contributed by atoms with Crippen LogP contribution in [0.4, 0.5) is 0 Å². The van der Waals surface area contributed by atoms with Crippen molar-refractivity contribution in [1.29, 1.82) is 0 Å². The lowest BCUT2D eigenvalue weighted by Gasteiger charge is -2.01. The molecule has 0 rings (SSSR count). The second kappa shape index (κ2) is 12.5. The third-order valence-electron chi connectivity index (χ3n) is 2.96. The number of carboxylic acids is 1. The molecule has 0 amide bonds. The van der Waals surface area contributed by atoms with Gasteiger partial charge in [0.25, 0.3) is 0 Å². The molecule has 1 N–H and O–H groups in total. The highest BCUT2D eigenvalue weighted by Gasteiger charge is 1.92. The van der Waals surface area contributed by atoms with E-state index in [0.29, 0.717) is 0 Å². The van der Waals surface area contributed by atoms with E-state index in [-0.39, 0.29) is 0 Å². The van der Waals surface area contributed by atoms with E-state index < -0.39 is 5.97 Å². The molecule has 0 aliphatic heterocycles. The molecule has 0 aromatic carbocycles. The van der Waals surface area contributed by atoms with Crippen molar-refractivity contribution in [3.8, 4) is 0 Å². The SMILES string of the molecule is CC(C)=CCCC(C)=CCCC(C)=CCS/C=C/C(=O)O. The number of hydrogen-bond acceptors (Lipinski definition) is 2. The Balaban J connectivity index is 3.88. The first-order valence-corrected chi connectivity index (χ1v) is 8.42.